The molecule has 0 saturated carbocycles. The van der Waals surface area contributed by atoms with Crippen molar-refractivity contribution in [3.05, 3.63) is 46.8 Å². The van der Waals surface area contributed by atoms with Crippen LogP contribution in [0.15, 0.2) is 50.5 Å². The normalized spacial score (nSPS) is 16.8. The van der Waals surface area contributed by atoms with E-state index in [1.807, 2.05) is 30.3 Å². The Balaban J connectivity index is 0.00000261. The van der Waals surface area contributed by atoms with Crippen molar-refractivity contribution in [3.8, 4) is 5.75 Å². The maximum absolute atomic E-state index is 5.52. The maximum atomic E-state index is 5.52. The summed E-state index contributed by atoms with van der Waals surface area (Å²) in [5.41, 5.74) is 1.14. The van der Waals surface area contributed by atoms with Crippen LogP contribution in [-0.2, 0) is 6.42 Å². The maximum Gasteiger partial charge on any atom is 0.191 e. The number of ether oxygens (including phenoxy) is 1. The zero-order chi connectivity index (χ0) is 18.4. The molecule has 0 aliphatic carbocycles. The number of anilines is 1. The van der Waals surface area contributed by atoms with E-state index in [2.05, 4.69) is 42.5 Å². The van der Waals surface area contributed by atoms with Crippen molar-refractivity contribution < 1.29 is 9.15 Å². The van der Waals surface area contributed by atoms with Crippen LogP contribution in [0.4, 0.5) is 5.69 Å². The highest BCUT2D eigenvalue weighted by molar-refractivity contribution is 14.0. The third kappa shape index (κ3) is 6.03. The number of guanidine groups is 1. The van der Waals surface area contributed by atoms with Crippen LogP contribution in [0.3, 0.4) is 0 Å². The Morgan fingerprint density at radius 2 is 2.15 bits per heavy atom. The molecule has 1 aliphatic rings. The van der Waals surface area contributed by atoms with Gasteiger partial charge in [0, 0.05) is 39.1 Å². The molecule has 0 spiro atoms. The predicted octanol–water partition coefficient (Wildman–Crippen LogP) is 3.66. The molecule has 3 rings (SSSR count). The second-order valence-electron chi connectivity index (χ2n) is 6.20. The van der Waals surface area contributed by atoms with Gasteiger partial charge in [0.2, 0.25) is 0 Å². The number of para-hydroxylation sites is 2. The van der Waals surface area contributed by atoms with E-state index in [0.29, 0.717) is 6.04 Å². The van der Waals surface area contributed by atoms with Gasteiger partial charge in [0.05, 0.1) is 12.8 Å². The lowest BCUT2D eigenvalue weighted by atomic mass is 10.2. The average Bonchev–Trinajstić information content (AvgIpc) is 3.29. The lowest BCUT2D eigenvalue weighted by Gasteiger charge is -2.22. The molecule has 2 heterocycles. The molecule has 2 N–H and O–H groups in total. The van der Waals surface area contributed by atoms with Crippen molar-refractivity contribution >= 4 is 51.6 Å². The summed E-state index contributed by atoms with van der Waals surface area (Å²) in [5, 5.41) is 6.86. The van der Waals surface area contributed by atoms with E-state index in [1.54, 1.807) is 14.2 Å². The van der Waals surface area contributed by atoms with Crippen LogP contribution in [0.1, 0.15) is 12.2 Å². The van der Waals surface area contributed by atoms with Crippen molar-refractivity contribution in [1.82, 2.24) is 10.6 Å². The zero-order valence-corrected chi connectivity index (χ0v) is 19.5. The van der Waals surface area contributed by atoms with E-state index in [0.717, 1.165) is 60.3 Å². The van der Waals surface area contributed by atoms with Gasteiger partial charge in [0.1, 0.15) is 11.5 Å². The Bertz CT molecular complexity index is 753. The molecule has 1 atom stereocenters. The van der Waals surface area contributed by atoms with Crippen molar-refractivity contribution in [2.75, 3.05) is 38.7 Å². The van der Waals surface area contributed by atoms with Gasteiger partial charge in [-0.1, -0.05) is 12.1 Å². The van der Waals surface area contributed by atoms with Gasteiger partial charge < -0.3 is 24.7 Å². The van der Waals surface area contributed by atoms with E-state index >= 15 is 0 Å². The number of aliphatic imine (C=N–C) groups is 1. The van der Waals surface area contributed by atoms with Crippen LogP contribution in [0.5, 0.6) is 5.75 Å². The molecule has 2 aromatic rings. The largest absolute Gasteiger partial charge is 0.495 e. The van der Waals surface area contributed by atoms with E-state index in [9.17, 15) is 0 Å². The van der Waals surface area contributed by atoms with Crippen LogP contribution in [-0.4, -0.2) is 45.8 Å². The minimum Gasteiger partial charge on any atom is -0.495 e. The van der Waals surface area contributed by atoms with Gasteiger partial charge in [0.25, 0.3) is 0 Å². The second kappa shape index (κ2) is 10.8. The lowest BCUT2D eigenvalue weighted by molar-refractivity contribution is 0.415. The van der Waals surface area contributed by atoms with Crippen LogP contribution < -0.4 is 20.3 Å². The number of nitrogens with one attached hydrogen (secondary N) is 2. The summed E-state index contributed by atoms with van der Waals surface area (Å²) >= 11 is 3.32. The third-order valence-electron chi connectivity index (χ3n) is 4.47. The quantitative estimate of drug-likeness (QED) is 0.328. The topological polar surface area (TPSA) is 62.0 Å². The molecule has 27 heavy (non-hydrogen) atoms. The molecular weight excluding hydrogens is 523 g/mol. The Morgan fingerprint density at radius 1 is 1.33 bits per heavy atom. The molecule has 0 radical (unpaired) electrons. The number of rotatable bonds is 6. The van der Waals surface area contributed by atoms with Crippen LogP contribution in [0.25, 0.3) is 0 Å². The van der Waals surface area contributed by atoms with E-state index in [-0.39, 0.29) is 24.0 Å². The average molecular weight is 549 g/mol. The molecular formula is C19H26BrIN4O2. The first kappa shape index (κ1) is 21.9. The number of halogens is 2. The predicted molar refractivity (Wildman–Crippen MR) is 124 cm³/mol. The Hall–Kier alpha value is -1.42. The van der Waals surface area contributed by atoms with Crippen LogP contribution in [0.2, 0.25) is 0 Å². The number of furan rings is 1. The Kier molecular flexibility index (Phi) is 8.75. The van der Waals surface area contributed by atoms with Gasteiger partial charge in [0.15, 0.2) is 10.6 Å². The van der Waals surface area contributed by atoms with Gasteiger partial charge in [-0.2, -0.15) is 0 Å². The molecule has 1 aromatic heterocycles. The highest BCUT2D eigenvalue weighted by Crippen LogP contribution is 2.30. The van der Waals surface area contributed by atoms with Crippen molar-refractivity contribution in [3.63, 3.8) is 0 Å². The number of benzene rings is 1. The first-order valence-corrected chi connectivity index (χ1v) is 9.58. The molecule has 1 aliphatic heterocycles. The fourth-order valence-corrected chi connectivity index (χ4v) is 3.51. The monoisotopic (exact) mass is 548 g/mol. The van der Waals surface area contributed by atoms with Crippen molar-refractivity contribution in [1.29, 1.82) is 0 Å². The molecule has 1 unspecified atom stereocenters. The molecule has 6 nitrogen and oxygen atoms in total. The van der Waals surface area contributed by atoms with Crippen LogP contribution in [0, 0.1) is 0 Å². The number of methoxy groups -OCH3 is 1. The molecule has 0 bridgehead atoms. The van der Waals surface area contributed by atoms with Crippen molar-refractivity contribution in [2.24, 2.45) is 4.99 Å². The highest BCUT2D eigenvalue weighted by Gasteiger charge is 2.25. The first-order chi connectivity index (χ1) is 12.7. The summed E-state index contributed by atoms with van der Waals surface area (Å²) in [6, 6.07) is 12.4. The summed E-state index contributed by atoms with van der Waals surface area (Å²) < 4.78 is 11.8. The molecule has 1 aromatic carbocycles. The SMILES string of the molecule is CN=C(NCCc1ccc(Br)o1)NC1CCN(c2ccccc2OC)C1.I. The van der Waals surface area contributed by atoms with Gasteiger partial charge in [-0.05, 0) is 46.6 Å². The summed E-state index contributed by atoms with van der Waals surface area (Å²) in [5.74, 6) is 2.69. The summed E-state index contributed by atoms with van der Waals surface area (Å²) in [6.07, 6.45) is 1.87. The molecule has 1 fully saturated rings. The molecule has 148 valence electrons. The van der Waals surface area contributed by atoms with Gasteiger partial charge >= 0.3 is 0 Å². The lowest BCUT2D eigenvalue weighted by Crippen LogP contribution is -2.45. The van der Waals surface area contributed by atoms with Gasteiger partial charge in [-0.25, -0.2) is 0 Å². The summed E-state index contributed by atoms with van der Waals surface area (Å²) in [4.78, 5) is 6.68. The number of hydrogen-bond acceptors (Lipinski definition) is 4. The Labute approximate surface area is 185 Å². The first-order valence-electron chi connectivity index (χ1n) is 8.79. The van der Waals surface area contributed by atoms with Gasteiger partial charge in [-0.15, -0.1) is 24.0 Å². The van der Waals surface area contributed by atoms with E-state index < -0.39 is 0 Å². The van der Waals surface area contributed by atoms with E-state index in [4.69, 9.17) is 9.15 Å². The van der Waals surface area contributed by atoms with Crippen molar-refractivity contribution in [2.45, 2.75) is 18.9 Å². The second-order valence-corrected chi connectivity index (χ2v) is 6.98. The fraction of sp³-hybridized carbons (Fsp3) is 0.421. The molecule has 1 saturated heterocycles. The fourth-order valence-electron chi connectivity index (χ4n) is 3.17. The minimum atomic E-state index is 0. The molecule has 8 heteroatoms. The number of nitrogens with zero attached hydrogens (tertiary/aromatic N) is 2. The van der Waals surface area contributed by atoms with Gasteiger partial charge in [-0.3, -0.25) is 4.99 Å². The molecule has 0 amide bonds. The Morgan fingerprint density at radius 3 is 2.85 bits per heavy atom. The highest BCUT2D eigenvalue weighted by atomic mass is 127. The summed E-state index contributed by atoms with van der Waals surface area (Å²) in [7, 11) is 3.51. The third-order valence-corrected chi connectivity index (χ3v) is 4.90. The summed E-state index contributed by atoms with van der Waals surface area (Å²) in [6.45, 7) is 2.68. The minimum absolute atomic E-state index is 0. The van der Waals surface area contributed by atoms with E-state index in [1.165, 1.54) is 0 Å². The zero-order valence-electron chi connectivity index (χ0n) is 15.6. The number of hydrogen-bond donors (Lipinski definition) is 2. The standard InChI is InChI=1S/C19H25BrN4O2.HI/c1-21-19(22-11-9-15-7-8-18(20)26-15)23-14-10-12-24(13-14)16-5-3-4-6-17(16)25-2;/h3-8,14H,9-13H2,1-2H3,(H2,21,22,23);1H. The van der Waals surface area contributed by atoms with Crippen LogP contribution >= 0.6 is 39.9 Å². The smallest absolute Gasteiger partial charge is 0.191 e.